The van der Waals surface area contributed by atoms with Crippen molar-refractivity contribution in [2.24, 2.45) is 0 Å². The minimum atomic E-state index is 0.220. The van der Waals surface area contributed by atoms with Crippen LogP contribution in [0.5, 0.6) is 0 Å². The van der Waals surface area contributed by atoms with Crippen molar-refractivity contribution in [3.05, 3.63) is 59.1 Å². The molecule has 2 aromatic rings. The van der Waals surface area contributed by atoms with Crippen molar-refractivity contribution in [2.75, 3.05) is 0 Å². The predicted octanol–water partition coefficient (Wildman–Crippen LogP) is 3.28. The molecule has 0 aliphatic heterocycles. The van der Waals surface area contributed by atoms with Crippen LogP contribution in [-0.2, 0) is 0 Å². The summed E-state index contributed by atoms with van der Waals surface area (Å²) in [6, 6.07) is 9.64. The van der Waals surface area contributed by atoms with Gasteiger partial charge in [0.25, 0.3) is 0 Å². The van der Waals surface area contributed by atoms with E-state index in [0.717, 1.165) is 11.3 Å². The Kier molecular flexibility index (Phi) is 2.97. The summed E-state index contributed by atoms with van der Waals surface area (Å²) in [4.78, 5) is 8.38. The van der Waals surface area contributed by atoms with Crippen LogP contribution in [0.25, 0.3) is 0 Å². The lowest BCUT2D eigenvalue weighted by Crippen LogP contribution is -1.99. The minimum absolute atomic E-state index is 0.220. The molecule has 0 fully saturated rings. The van der Waals surface area contributed by atoms with E-state index >= 15 is 0 Å². The van der Waals surface area contributed by atoms with E-state index in [2.05, 4.69) is 16.9 Å². The first kappa shape index (κ1) is 10.1. The van der Waals surface area contributed by atoms with Gasteiger partial charge in [0.1, 0.15) is 5.15 Å². The van der Waals surface area contributed by atoms with E-state index < -0.39 is 0 Å². The molecule has 2 aromatic heterocycles. The number of hydrogen-bond donors (Lipinski definition) is 0. The Morgan fingerprint density at radius 3 is 2.73 bits per heavy atom. The van der Waals surface area contributed by atoms with E-state index in [1.807, 2.05) is 30.5 Å². The first-order valence-electron chi connectivity index (χ1n) is 4.80. The van der Waals surface area contributed by atoms with Crippen molar-refractivity contribution in [1.82, 2.24) is 9.97 Å². The molecular weight excluding hydrogens is 208 g/mol. The molecule has 15 heavy (non-hydrogen) atoms. The van der Waals surface area contributed by atoms with Crippen molar-refractivity contribution in [1.29, 1.82) is 0 Å². The average Bonchev–Trinajstić information content (AvgIpc) is 2.29. The summed E-state index contributed by atoms with van der Waals surface area (Å²) in [7, 11) is 0. The molecule has 0 aliphatic rings. The summed E-state index contributed by atoms with van der Waals surface area (Å²) in [5.74, 6) is 0.220. The van der Waals surface area contributed by atoms with E-state index in [0.29, 0.717) is 5.15 Å². The van der Waals surface area contributed by atoms with Crippen LogP contribution < -0.4 is 0 Å². The first-order valence-corrected chi connectivity index (χ1v) is 5.17. The van der Waals surface area contributed by atoms with E-state index in [-0.39, 0.29) is 5.92 Å². The van der Waals surface area contributed by atoms with Crippen molar-refractivity contribution in [3.8, 4) is 0 Å². The molecule has 0 spiro atoms. The molecular formula is C12H11ClN2. The molecule has 0 amide bonds. The second-order valence-corrected chi connectivity index (χ2v) is 3.78. The Morgan fingerprint density at radius 1 is 1.20 bits per heavy atom. The zero-order valence-corrected chi connectivity index (χ0v) is 9.15. The van der Waals surface area contributed by atoms with E-state index in [1.165, 1.54) is 0 Å². The van der Waals surface area contributed by atoms with E-state index in [4.69, 9.17) is 11.6 Å². The van der Waals surface area contributed by atoms with Gasteiger partial charge in [-0.25, -0.2) is 4.98 Å². The average molecular weight is 219 g/mol. The Labute approximate surface area is 94.0 Å². The lowest BCUT2D eigenvalue weighted by Gasteiger charge is -2.10. The molecule has 0 saturated heterocycles. The maximum absolute atomic E-state index is 5.85. The molecule has 0 bridgehead atoms. The zero-order chi connectivity index (χ0) is 10.7. The molecule has 3 heteroatoms. The largest absolute Gasteiger partial charge is 0.264 e. The highest BCUT2D eigenvalue weighted by atomic mass is 35.5. The number of halogens is 1. The zero-order valence-electron chi connectivity index (χ0n) is 8.39. The van der Waals surface area contributed by atoms with Crippen molar-refractivity contribution in [2.45, 2.75) is 12.8 Å². The minimum Gasteiger partial charge on any atom is -0.264 e. The van der Waals surface area contributed by atoms with Crippen LogP contribution in [0.4, 0.5) is 0 Å². The van der Waals surface area contributed by atoms with Gasteiger partial charge in [0.2, 0.25) is 0 Å². The number of aromatic nitrogens is 2. The summed E-state index contributed by atoms with van der Waals surface area (Å²) in [6.07, 6.45) is 3.62. The van der Waals surface area contributed by atoms with Gasteiger partial charge in [-0.3, -0.25) is 4.98 Å². The number of hydrogen-bond acceptors (Lipinski definition) is 2. The lowest BCUT2D eigenvalue weighted by atomic mass is 9.99. The fourth-order valence-electron chi connectivity index (χ4n) is 1.47. The predicted molar refractivity (Wildman–Crippen MR) is 61.0 cm³/mol. The van der Waals surface area contributed by atoms with Crippen LogP contribution >= 0.6 is 11.6 Å². The molecule has 0 radical (unpaired) electrons. The van der Waals surface area contributed by atoms with Gasteiger partial charge < -0.3 is 0 Å². The fourth-order valence-corrected chi connectivity index (χ4v) is 1.64. The van der Waals surface area contributed by atoms with Gasteiger partial charge in [-0.2, -0.15) is 0 Å². The van der Waals surface area contributed by atoms with Crippen molar-refractivity contribution >= 4 is 11.6 Å². The van der Waals surface area contributed by atoms with Gasteiger partial charge in [0.15, 0.2) is 0 Å². The summed E-state index contributed by atoms with van der Waals surface area (Å²) >= 11 is 5.85. The molecule has 2 heterocycles. The van der Waals surface area contributed by atoms with E-state index in [1.54, 1.807) is 12.3 Å². The quantitative estimate of drug-likeness (QED) is 0.723. The first-order chi connectivity index (χ1) is 7.27. The van der Waals surface area contributed by atoms with E-state index in [9.17, 15) is 0 Å². The molecule has 0 saturated carbocycles. The smallest absolute Gasteiger partial charge is 0.129 e. The highest BCUT2D eigenvalue weighted by Gasteiger charge is 2.09. The van der Waals surface area contributed by atoms with Gasteiger partial charge in [-0.15, -0.1) is 0 Å². The number of nitrogens with zero attached hydrogens (tertiary/aromatic N) is 2. The summed E-state index contributed by atoms with van der Waals surface area (Å²) in [6.45, 7) is 2.09. The third kappa shape index (κ3) is 2.34. The number of rotatable bonds is 2. The Hall–Kier alpha value is -1.41. The van der Waals surface area contributed by atoms with Crippen LogP contribution in [-0.4, -0.2) is 9.97 Å². The van der Waals surface area contributed by atoms with Crippen LogP contribution in [0.3, 0.4) is 0 Å². The highest BCUT2D eigenvalue weighted by Crippen LogP contribution is 2.22. The highest BCUT2D eigenvalue weighted by molar-refractivity contribution is 6.29. The Bertz CT molecular complexity index is 442. The summed E-state index contributed by atoms with van der Waals surface area (Å²) in [5, 5.41) is 0.531. The van der Waals surface area contributed by atoms with Gasteiger partial charge in [0.05, 0.1) is 0 Å². The standard InChI is InChI=1S/C12H11ClN2/c1-9(10-4-3-7-14-8-10)11-5-2-6-12(13)15-11/h2-9H,1H3. The third-order valence-corrected chi connectivity index (χ3v) is 2.58. The second-order valence-electron chi connectivity index (χ2n) is 3.39. The summed E-state index contributed by atoms with van der Waals surface area (Å²) in [5.41, 5.74) is 2.11. The fraction of sp³-hybridized carbons (Fsp3) is 0.167. The molecule has 1 unspecified atom stereocenters. The summed E-state index contributed by atoms with van der Waals surface area (Å²) < 4.78 is 0. The van der Waals surface area contributed by atoms with Gasteiger partial charge in [0, 0.05) is 24.0 Å². The van der Waals surface area contributed by atoms with Crippen LogP contribution in [0.15, 0.2) is 42.7 Å². The maximum atomic E-state index is 5.85. The molecule has 2 nitrogen and oxygen atoms in total. The van der Waals surface area contributed by atoms with Crippen molar-refractivity contribution in [3.63, 3.8) is 0 Å². The molecule has 76 valence electrons. The molecule has 0 aliphatic carbocycles. The van der Waals surface area contributed by atoms with Gasteiger partial charge in [-0.05, 0) is 23.8 Å². The van der Waals surface area contributed by atoms with Crippen molar-refractivity contribution < 1.29 is 0 Å². The van der Waals surface area contributed by atoms with Crippen LogP contribution in [0.2, 0.25) is 5.15 Å². The number of pyridine rings is 2. The molecule has 2 rings (SSSR count). The van der Waals surface area contributed by atoms with Crippen LogP contribution in [0.1, 0.15) is 24.1 Å². The van der Waals surface area contributed by atoms with Crippen LogP contribution in [0, 0.1) is 0 Å². The maximum Gasteiger partial charge on any atom is 0.129 e. The Balaban J connectivity index is 2.32. The molecule has 0 N–H and O–H groups in total. The lowest BCUT2D eigenvalue weighted by molar-refractivity contribution is 0.864. The Morgan fingerprint density at radius 2 is 2.07 bits per heavy atom. The monoisotopic (exact) mass is 218 g/mol. The SMILES string of the molecule is CC(c1cccnc1)c1cccc(Cl)n1. The second kappa shape index (κ2) is 4.41. The molecule has 1 atom stereocenters. The molecule has 0 aromatic carbocycles. The normalized spacial score (nSPS) is 12.4. The van der Waals surface area contributed by atoms with Gasteiger partial charge in [-0.1, -0.05) is 30.7 Å². The topological polar surface area (TPSA) is 25.8 Å². The third-order valence-electron chi connectivity index (χ3n) is 2.36. The van der Waals surface area contributed by atoms with Gasteiger partial charge >= 0.3 is 0 Å².